The molecule has 142 valence electrons. The second kappa shape index (κ2) is 9.41. The molecule has 0 aliphatic rings. The molecule has 0 aliphatic heterocycles. The molecule has 0 saturated heterocycles. The summed E-state index contributed by atoms with van der Waals surface area (Å²) in [6.45, 7) is 5.38. The van der Waals surface area contributed by atoms with E-state index in [1.54, 1.807) is 6.26 Å². The highest BCUT2D eigenvalue weighted by atomic mass is 32.2. The van der Waals surface area contributed by atoms with Crippen LogP contribution in [0.5, 0.6) is 0 Å². The molecule has 1 amide bonds. The van der Waals surface area contributed by atoms with Gasteiger partial charge in [0, 0.05) is 12.1 Å². The molecule has 0 unspecified atom stereocenters. The van der Waals surface area contributed by atoms with Gasteiger partial charge in [-0.15, -0.1) is 10.2 Å². The minimum atomic E-state index is 0.0121. The highest BCUT2D eigenvalue weighted by Gasteiger charge is 2.17. The van der Waals surface area contributed by atoms with E-state index in [1.807, 2.05) is 41.8 Å². The lowest BCUT2D eigenvalue weighted by atomic mass is 10.1. The summed E-state index contributed by atoms with van der Waals surface area (Å²) in [6, 6.07) is 11.9. The van der Waals surface area contributed by atoms with Crippen molar-refractivity contribution in [2.75, 3.05) is 12.3 Å². The molecule has 1 N–H and O–H groups in total. The van der Waals surface area contributed by atoms with E-state index in [1.165, 1.54) is 11.8 Å². The van der Waals surface area contributed by atoms with Gasteiger partial charge < -0.3 is 9.73 Å². The lowest BCUT2D eigenvalue weighted by Crippen LogP contribution is -2.26. The summed E-state index contributed by atoms with van der Waals surface area (Å²) in [7, 11) is 0. The number of aryl methyl sites for hydroxylation is 1. The Morgan fingerprint density at radius 3 is 2.89 bits per heavy atom. The summed E-state index contributed by atoms with van der Waals surface area (Å²) in [5, 5.41) is 12.3. The second-order valence-corrected chi connectivity index (χ2v) is 7.28. The Morgan fingerprint density at radius 2 is 2.15 bits per heavy atom. The summed E-state index contributed by atoms with van der Waals surface area (Å²) in [4.78, 5) is 12.0. The van der Waals surface area contributed by atoms with Crippen LogP contribution in [0.15, 0.2) is 52.2 Å². The van der Waals surface area contributed by atoms with Crippen molar-refractivity contribution in [2.24, 2.45) is 0 Å². The molecular formula is C20H24N4O2S. The highest BCUT2D eigenvalue weighted by Crippen LogP contribution is 2.25. The maximum atomic E-state index is 12.0. The van der Waals surface area contributed by atoms with Gasteiger partial charge in [0.05, 0.1) is 18.6 Å². The van der Waals surface area contributed by atoms with Crippen molar-refractivity contribution in [1.29, 1.82) is 0 Å². The van der Waals surface area contributed by atoms with Crippen molar-refractivity contribution in [1.82, 2.24) is 20.1 Å². The molecule has 27 heavy (non-hydrogen) atoms. The Balaban J connectivity index is 1.80. The first-order valence-corrected chi connectivity index (χ1v) is 10.1. The average molecular weight is 385 g/mol. The van der Waals surface area contributed by atoms with E-state index < -0.39 is 0 Å². The van der Waals surface area contributed by atoms with Crippen LogP contribution >= 0.6 is 11.8 Å². The molecule has 0 aliphatic carbocycles. The fourth-order valence-corrected chi connectivity index (χ4v) is 3.45. The summed E-state index contributed by atoms with van der Waals surface area (Å²) >= 11 is 1.39. The molecular weight excluding hydrogens is 360 g/mol. The topological polar surface area (TPSA) is 73.0 Å². The molecule has 7 heteroatoms. The summed E-state index contributed by atoms with van der Waals surface area (Å²) in [5.74, 6) is 1.91. The van der Waals surface area contributed by atoms with E-state index in [-0.39, 0.29) is 5.91 Å². The van der Waals surface area contributed by atoms with E-state index in [4.69, 9.17) is 4.42 Å². The average Bonchev–Trinajstić information content (AvgIpc) is 3.31. The number of carbonyl (C=O) groups excluding carboxylic acids is 1. The zero-order chi connectivity index (χ0) is 19.1. The lowest BCUT2D eigenvalue weighted by Gasteiger charge is -2.09. The number of nitrogens with zero attached hydrogens (tertiary/aromatic N) is 3. The van der Waals surface area contributed by atoms with E-state index in [0.29, 0.717) is 24.0 Å². The molecule has 0 saturated carbocycles. The van der Waals surface area contributed by atoms with Crippen molar-refractivity contribution in [2.45, 2.75) is 38.4 Å². The van der Waals surface area contributed by atoms with Gasteiger partial charge in [0.25, 0.3) is 0 Å². The molecule has 3 aromatic rings. The number of aromatic nitrogens is 3. The van der Waals surface area contributed by atoms with Crippen molar-refractivity contribution in [3.05, 3.63) is 54.0 Å². The molecule has 2 heterocycles. The van der Waals surface area contributed by atoms with Crippen molar-refractivity contribution in [3.8, 4) is 11.4 Å². The molecule has 2 aromatic heterocycles. The van der Waals surface area contributed by atoms with Gasteiger partial charge in [0.1, 0.15) is 5.76 Å². The standard InChI is InChI=1S/C20H24N4O2S/c1-3-4-10-21-18(25)14-27-20-23-22-19(16-8-5-7-15(2)12-16)24(20)13-17-9-6-11-26-17/h5-9,11-12H,3-4,10,13-14H2,1-2H3,(H,21,25). The van der Waals surface area contributed by atoms with Crippen LogP contribution in [-0.2, 0) is 11.3 Å². The molecule has 1 aromatic carbocycles. The quantitative estimate of drug-likeness (QED) is 0.447. The predicted molar refractivity (Wildman–Crippen MR) is 107 cm³/mol. The van der Waals surface area contributed by atoms with E-state index in [2.05, 4.69) is 28.5 Å². The Labute approximate surface area is 163 Å². The van der Waals surface area contributed by atoms with Crippen molar-refractivity contribution in [3.63, 3.8) is 0 Å². The number of hydrogen-bond donors (Lipinski definition) is 1. The number of furan rings is 1. The molecule has 0 spiro atoms. The van der Waals surface area contributed by atoms with Crippen LogP contribution in [0.25, 0.3) is 11.4 Å². The lowest BCUT2D eigenvalue weighted by molar-refractivity contribution is -0.118. The highest BCUT2D eigenvalue weighted by molar-refractivity contribution is 7.99. The molecule has 0 atom stereocenters. The largest absolute Gasteiger partial charge is 0.467 e. The van der Waals surface area contributed by atoms with Gasteiger partial charge in [-0.3, -0.25) is 9.36 Å². The Hall–Kier alpha value is -2.54. The monoisotopic (exact) mass is 384 g/mol. The summed E-state index contributed by atoms with van der Waals surface area (Å²) in [6.07, 6.45) is 3.70. The number of nitrogens with one attached hydrogen (secondary N) is 1. The zero-order valence-corrected chi connectivity index (χ0v) is 16.5. The number of carbonyl (C=O) groups is 1. The van der Waals surface area contributed by atoms with Crippen LogP contribution in [0.2, 0.25) is 0 Å². The SMILES string of the molecule is CCCCNC(=O)CSc1nnc(-c2cccc(C)c2)n1Cc1ccco1. The van der Waals surface area contributed by atoms with Crippen molar-refractivity contribution >= 4 is 17.7 Å². The molecule has 0 bridgehead atoms. The minimum Gasteiger partial charge on any atom is -0.467 e. The van der Waals surface area contributed by atoms with Gasteiger partial charge in [-0.05, 0) is 31.5 Å². The van der Waals surface area contributed by atoms with Gasteiger partial charge >= 0.3 is 0 Å². The second-order valence-electron chi connectivity index (χ2n) is 6.33. The number of benzene rings is 1. The molecule has 3 rings (SSSR count). The maximum Gasteiger partial charge on any atom is 0.230 e. The van der Waals surface area contributed by atoms with Crippen LogP contribution in [-0.4, -0.2) is 33.0 Å². The first-order chi connectivity index (χ1) is 13.2. The Kier molecular flexibility index (Phi) is 6.70. The maximum absolute atomic E-state index is 12.0. The first kappa shape index (κ1) is 19.2. The Morgan fingerprint density at radius 1 is 1.26 bits per heavy atom. The van der Waals surface area contributed by atoms with Gasteiger partial charge in [0.15, 0.2) is 11.0 Å². The molecule has 0 fully saturated rings. The molecule has 6 nitrogen and oxygen atoms in total. The van der Waals surface area contributed by atoms with Crippen LogP contribution in [0.3, 0.4) is 0 Å². The van der Waals surface area contributed by atoms with E-state index in [0.717, 1.165) is 35.6 Å². The van der Waals surface area contributed by atoms with Crippen LogP contribution in [0, 0.1) is 6.92 Å². The van der Waals surface area contributed by atoms with E-state index in [9.17, 15) is 4.79 Å². The number of hydrogen-bond acceptors (Lipinski definition) is 5. The number of amides is 1. The third kappa shape index (κ3) is 5.23. The fraction of sp³-hybridized carbons (Fsp3) is 0.350. The third-order valence-corrected chi connectivity index (χ3v) is 5.04. The van der Waals surface area contributed by atoms with Crippen LogP contribution < -0.4 is 5.32 Å². The van der Waals surface area contributed by atoms with Gasteiger partial charge in [0.2, 0.25) is 5.91 Å². The first-order valence-electron chi connectivity index (χ1n) is 9.09. The zero-order valence-electron chi connectivity index (χ0n) is 15.6. The third-order valence-electron chi connectivity index (χ3n) is 4.07. The van der Waals surface area contributed by atoms with Crippen molar-refractivity contribution < 1.29 is 9.21 Å². The van der Waals surface area contributed by atoms with Crippen LogP contribution in [0.1, 0.15) is 31.1 Å². The van der Waals surface area contributed by atoms with Gasteiger partial charge in [-0.1, -0.05) is 48.9 Å². The van der Waals surface area contributed by atoms with Gasteiger partial charge in [-0.25, -0.2) is 0 Å². The minimum absolute atomic E-state index is 0.0121. The predicted octanol–water partition coefficient (Wildman–Crippen LogP) is 3.90. The number of rotatable bonds is 9. The molecule has 0 radical (unpaired) electrons. The van der Waals surface area contributed by atoms with E-state index >= 15 is 0 Å². The van der Waals surface area contributed by atoms with Crippen LogP contribution in [0.4, 0.5) is 0 Å². The summed E-state index contributed by atoms with van der Waals surface area (Å²) in [5.41, 5.74) is 2.15. The normalized spacial score (nSPS) is 10.9. The van der Waals surface area contributed by atoms with Gasteiger partial charge in [-0.2, -0.15) is 0 Å². The fourth-order valence-electron chi connectivity index (χ4n) is 2.68. The number of unbranched alkanes of at least 4 members (excludes halogenated alkanes) is 1. The Bertz CT molecular complexity index is 874. The summed E-state index contributed by atoms with van der Waals surface area (Å²) < 4.78 is 7.50. The number of thioether (sulfide) groups is 1. The smallest absolute Gasteiger partial charge is 0.230 e.